The van der Waals surface area contributed by atoms with Gasteiger partial charge in [-0.1, -0.05) is 30.3 Å². The highest BCUT2D eigenvalue weighted by Crippen LogP contribution is 2.33. The predicted octanol–water partition coefficient (Wildman–Crippen LogP) is 4.05. The first kappa shape index (κ1) is 20.9. The van der Waals surface area contributed by atoms with Crippen LogP contribution in [-0.4, -0.2) is 32.6 Å². The third kappa shape index (κ3) is 4.97. The summed E-state index contributed by atoms with van der Waals surface area (Å²) < 4.78 is 10.7. The van der Waals surface area contributed by atoms with E-state index < -0.39 is 0 Å². The van der Waals surface area contributed by atoms with Gasteiger partial charge in [0.15, 0.2) is 0 Å². The Bertz CT molecular complexity index is 1050. The van der Waals surface area contributed by atoms with E-state index in [0.29, 0.717) is 17.0 Å². The molecule has 0 saturated carbocycles. The highest BCUT2D eigenvalue weighted by molar-refractivity contribution is 6.00. The maximum atomic E-state index is 12.3. The second-order valence-corrected chi connectivity index (χ2v) is 6.69. The fraction of sp³-hybridized carbons (Fsp3) is 0.167. The summed E-state index contributed by atoms with van der Waals surface area (Å²) in [6.07, 6.45) is 0. The van der Waals surface area contributed by atoms with Gasteiger partial charge in [0.25, 0.3) is 5.91 Å². The van der Waals surface area contributed by atoms with E-state index in [1.165, 1.54) is 0 Å². The third-order valence-corrected chi connectivity index (χ3v) is 4.68. The van der Waals surface area contributed by atoms with Gasteiger partial charge in [-0.25, -0.2) is 0 Å². The summed E-state index contributed by atoms with van der Waals surface area (Å²) in [5.74, 6) is 0.845. The lowest BCUT2D eigenvalue weighted by molar-refractivity contribution is -0.115. The molecule has 3 rings (SSSR count). The second kappa shape index (κ2) is 9.60. The lowest BCUT2D eigenvalue weighted by Gasteiger charge is -2.13. The summed E-state index contributed by atoms with van der Waals surface area (Å²) in [4.78, 5) is 24.6. The van der Waals surface area contributed by atoms with Crippen LogP contribution in [0.25, 0.3) is 11.1 Å². The Balaban J connectivity index is 1.69. The number of ether oxygens (including phenoxy) is 2. The Morgan fingerprint density at radius 3 is 2.30 bits per heavy atom. The van der Waals surface area contributed by atoms with Crippen molar-refractivity contribution in [3.8, 4) is 22.6 Å². The van der Waals surface area contributed by atoms with Gasteiger partial charge in [0.1, 0.15) is 11.5 Å². The molecule has 6 nitrogen and oxygen atoms in total. The number of benzene rings is 3. The fourth-order valence-corrected chi connectivity index (χ4v) is 3.07. The van der Waals surface area contributed by atoms with E-state index in [2.05, 4.69) is 10.6 Å². The highest BCUT2D eigenvalue weighted by Gasteiger charge is 2.12. The molecule has 0 spiro atoms. The highest BCUT2D eigenvalue weighted by atomic mass is 16.5. The first-order chi connectivity index (χ1) is 14.5. The quantitative estimate of drug-likeness (QED) is 0.623. The zero-order valence-corrected chi connectivity index (χ0v) is 17.2. The SMILES string of the molecule is COc1ccc(-c2cc(NC(=O)CNC(=O)c3ccccc3C)ccc2OC)cc1. The minimum absolute atomic E-state index is 0.128. The van der Waals surface area contributed by atoms with Crippen molar-refractivity contribution in [2.24, 2.45) is 0 Å². The first-order valence-corrected chi connectivity index (χ1v) is 9.48. The molecule has 3 aromatic rings. The molecule has 0 aliphatic rings. The number of carbonyl (C=O) groups excluding carboxylic acids is 2. The number of carbonyl (C=O) groups is 2. The van der Waals surface area contributed by atoms with Gasteiger partial charge in [-0.05, 0) is 54.4 Å². The summed E-state index contributed by atoms with van der Waals surface area (Å²) in [5, 5.41) is 5.47. The number of anilines is 1. The molecule has 0 atom stereocenters. The van der Waals surface area contributed by atoms with Crippen LogP contribution in [0.3, 0.4) is 0 Å². The number of aryl methyl sites for hydroxylation is 1. The summed E-state index contributed by atoms with van der Waals surface area (Å²) in [6, 6.07) is 20.2. The smallest absolute Gasteiger partial charge is 0.251 e. The van der Waals surface area contributed by atoms with Crippen molar-refractivity contribution < 1.29 is 19.1 Å². The molecule has 30 heavy (non-hydrogen) atoms. The molecule has 2 amide bonds. The molecule has 0 radical (unpaired) electrons. The molecule has 0 bridgehead atoms. The van der Waals surface area contributed by atoms with Crippen LogP contribution in [0.4, 0.5) is 5.69 Å². The number of hydrogen-bond acceptors (Lipinski definition) is 4. The molecule has 0 aliphatic heterocycles. The number of nitrogens with one attached hydrogen (secondary N) is 2. The van der Waals surface area contributed by atoms with Crippen LogP contribution < -0.4 is 20.1 Å². The van der Waals surface area contributed by atoms with Gasteiger partial charge in [-0.2, -0.15) is 0 Å². The zero-order valence-electron chi connectivity index (χ0n) is 17.2. The molecule has 0 fully saturated rings. The maximum absolute atomic E-state index is 12.3. The average Bonchev–Trinajstić information content (AvgIpc) is 2.78. The van der Waals surface area contributed by atoms with E-state index in [1.54, 1.807) is 38.5 Å². The van der Waals surface area contributed by atoms with Crippen molar-refractivity contribution in [2.75, 3.05) is 26.1 Å². The number of methoxy groups -OCH3 is 2. The van der Waals surface area contributed by atoms with Crippen LogP contribution in [-0.2, 0) is 4.79 Å². The standard InChI is InChI=1S/C24H24N2O4/c1-16-6-4-5-7-20(16)24(28)25-15-23(27)26-18-10-13-22(30-3)21(14-18)17-8-11-19(29-2)12-9-17/h4-14H,15H2,1-3H3,(H,25,28)(H,26,27). The first-order valence-electron chi connectivity index (χ1n) is 9.48. The Morgan fingerprint density at radius 1 is 0.900 bits per heavy atom. The Hall–Kier alpha value is -3.80. The van der Waals surface area contributed by atoms with Crippen molar-refractivity contribution in [3.63, 3.8) is 0 Å². The van der Waals surface area contributed by atoms with Crippen LogP contribution in [0.15, 0.2) is 66.7 Å². The van der Waals surface area contributed by atoms with E-state index >= 15 is 0 Å². The summed E-state index contributed by atoms with van der Waals surface area (Å²) in [5.41, 5.74) is 3.78. The predicted molar refractivity (Wildman–Crippen MR) is 117 cm³/mol. The van der Waals surface area contributed by atoms with E-state index in [1.807, 2.05) is 49.4 Å². The molecule has 0 unspecified atom stereocenters. The Kier molecular flexibility index (Phi) is 6.70. The molecule has 6 heteroatoms. The second-order valence-electron chi connectivity index (χ2n) is 6.69. The number of rotatable bonds is 7. The van der Waals surface area contributed by atoms with Crippen LogP contribution in [0.5, 0.6) is 11.5 Å². The maximum Gasteiger partial charge on any atom is 0.251 e. The monoisotopic (exact) mass is 404 g/mol. The van der Waals surface area contributed by atoms with Gasteiger partial charge < -0.3 is 20.1 Å². The normalized spacial score (nSPS) is 10.2. The molecular weight excluding hydrogens is 380 g/mol. The molecule has 0 aromatic heterocycles. The van der Waals surface area contributed by atoms with Crippen molar-refractivity contribution in [1.29, 1.82) is 0 Å². The Labute approximate surface area is 175 Å². The van der Waals surface area contributed by atoms with Crippen LogP contribution in [0.2, 0.25) is 0 Å². The molecular formula is C24H24N2O4. The van der Waals surface area contributed by atoms with Gasteiger partial charge in [0.05, 0.1) is 20.8 Å². The summed E-state index contributed by atoms with van der Waals surface area (Å²) in [7, 11) is 3.21. The van der Waals surface area contributed by atoms with E-state index in [4.69, 9.17) is 9.47 Å². The van der Waals surface area contributed by atoms with Gasteiger partial charge in [0.2, 0.25) is 5.91 Å². The number of amides is 2. The summed E-state index contributed by atoms with van der Waals surface area (Å²) in [6.45, 7) is 1.73. The molecule has 0 heterocycles. The van der Waals surface area contributed by atoms with Gasteiger partial charge >= 0.3 is 0 Å². The van der Waals surface area contributed by atoms with Crippen molar-refractivity contribution in [1.82, 2.24) is 5.32 Å². The molecule has 0 saturated heterocycles. The Morgan fingerprint density at radius 2 is 1.63 bits per heavy atom. The van der Waals surface area contributed by atoms with Crippen LogP contribution >= 0.6 is 0 Å². The van der Waals surface area contributed by atoms with E-state index in [-0.39, 0.29) is 18.4 Å². The molecule has 0 aliphatic carbocycles. The van der Waals surface area contributed by atoms with Gasteiger partial charge in [-0.15, -0.1) is 0 Å². The van der Waals surface area contributed by atoms with Crippen molar-refractivity contribution in [3.05, 3.63) is 77.9 Å². The number of hydrogen-bond donors (Lipinski definition) is 2. The van der Waals surface area contributed by atoms with Crippen molar-refractivity contribution >= 4 is 17.5 Å². The lowest BCUT2D eigenvalue weighted by atomic mass is 10.0. The molecule has 2 N–H and O–H groups in total. The van der Waals surface area contributed by atoms with Crippen LogP contribution in [0.1, 0.15) is 15.9 Å². The van der Waals surface area contributed by atoms with Gasteiger partial charge in [-0.3, -0.25) is 9.59 Å². The lowest BCUT2D eigenvalue weighted by Crippen LogP contribution is -2.33. The topological polar surface area (TPSA) is 76.7 Å². The average molecular weight is 404 g/mol. The van der Waals surface area contributed by atoms with E-state index in [9.17, 15) is 9.59 Å². The van der Waals surface area contributed by atoms with E-state index in [0.717, 1.165) is 22.4 Å². The van der Waals surface area contributed by atoms with Gasteiger partial charge in [0, 0.05) is 16.8 Å². The van der Waals surface area contributed by atoms with Crippen LogP contribution in [0, 0.1) is 6.92 Å². The molecule has 3 aromatic carbocycles. The molecule has 154 valence electrons. The fourth-order valence-electron chi connectivity index (χ4n) is 3.07. The largest absolute Gasteiger partial charge is 0.497 e. The minimum atomic E-state index is -0.317. The summed E-state index contributed by atoms with van der Waals surface area (Å²) >= 11 is 0. The third-order valence-electron chi connectivity index (χ3n) is 4.68. The van der Waals surface area contributed by atoms with Crippen molar-refractivity contribution in [2.45, 2.75) is 6.92 Å². The minimum Gasteiger partial charge on any atom is -0.497 e. The zero-order chi connectivity index (χ0) is 21.5.